The molecule has 0 saturated carbocycles. The predicted octanol–water partition coefficient (Wildman–Crippen LogP) is 3.09. The third-order valence-corrected chi connectivity index (χ3v) is 4.58. The van der Waals surface area contributed by atoms with E-state index in [1.807, 2.05) is 0 Å². The molecule has 2 N–H and O–H groups in total. The van der Waals surface area contributed by atoms with Crippen LogP contribution in [-0.2, 0) is 0 Å². The predicted molar refractivity (Wildman–Crippen MR) is 86.6 cm³/mol. The van der Waals surface area contributed by atoms with E-state index >= 15 is 0 Å². The Bertz CT molecular complexity index is 406. The standard InChI is InChI=1S/C17H27N3/c1-4-11-20(12-5-1)17-9-3-2-8-16(17)19-14-15-7-6-10-18-13-15/h2-3,8-9,15,18-19H,1,4-7,10-14H2. The first kappa shape index (κ1) is 13.7. The van der Waals surface area contributed by atoms with Gasteiger partial charge in [-0.25, -0.2) is 0 Å². The maximum absolute atomic E-state index is 3.70. The van der Waals surface area contributed by atoms with Crippen molar-refractivity contribution in [2.24, 2.45) is 5.92 Å². The van der Waals surface area contributed by atoms with Gasteiger partial charge in [-0.1, -0.05) is 12.1 Å². The fourth-order valence-electron chi connectivity index (χ4n) is 3.39. The zero-order valence-corrected chi connectivity index (χ0v) is 12.4. The highest BCUT2D eigenvalue weighted by molar-refractivity contribution is 5.70. The van der Waals surface area contributed by atoms with Crippen molar-refractivity contribution >= 4 is 11.4 Å². The van der Waals surface area contributed by atoms with E-state index in [9.17, 15) is 0 Å². The van der Waals surface area contributed by atoms with Gasteiger partial charge in [0.15, 0.2) is 0 Å². The summed E-state index contributed by atoms with van der Waals surface area (Å²) in [5, 5.41) is 7.20. The van der Waals surface area contributed by atoms with Gasteiger partial charge in [0.25, 0.3) is 0 Å². The fraction of sp³-hybridized carbons (Fsp3) is 0.647. The Hall–Kier alpha value is -1.22. The quantitative estimate of drug-likeness (QED) is 0.883. The van der Waals surface area contributed by atoms with Crippen molar-refractivity contribution < 1.29 is 0 Å². The number of hydrogen-bond donors (Lipinski definition) is 2. The normalized spacial score (nSPS) is 23.6. The number of para-hydroxylation sites is 2. The van der Waals surface area contributed by atoms with Gasteiger partial charge in [0.1, 0.15) is 0 Å². The highest BCUT2D eigenvalue weighted by atomic mass is 15.1. The molecule has 1 aromatic carbocycles. The lowest BCUT2D eigenvalue weighted by molar-refractivity contribution is 0.393. The minimum Gasteiger partial charge on any atom is -0.383 e. The molecule has 3 rings (SSSR count). The summed E-state index contributed by atoms with van der Waals surface area (Å²) in [6.07, 6.45) is 6.73. The zero-order chi connectivity index (χ0) is 13.6. The fourth-order valence-corrected chi connectivity index (χ4v) is 3.39. The first-order valence-electron chi connectivity index (χ1n) is 8.22. The van der Waals surface area contributed by atoms with Gasteiger partial charge in [-0.05, 0) is 63.2 Å². The van der Waals surface area contributed by atoms with Gasteiger partial charge >= 0.3 is 0 Å². The molecule has 2 fully saturated rings. The SMILES string of the molecule is c1ccc(N2CCCCC2)c(NCC2CCCNC2)c1. The first-order chi connectivity index (χ1) is 9.93. The van der Waals surface area contributed by atoms with Gasteiger partial charge in [0.2, 0.25) is 0 Å². The minimum atomic E-state index is 0.776. The molecule has 2 saturated heterocycles. The van der Waals surface area contributed by atoms with Gasteiger partial charge in [0.05, 0.1) is 11.4 Å². The van der Waals surface area contributed by atoms with Crippen molar-refractivity contribution in [3.05, 3.63) is 24.3 Å². The smallest absolute Gasteiger partial charge is 0.0602 e. The molecule has 0 bridgehead atoms. The topological polar surface area (TPSA) is 27.3 Å². The summed E-state index contributed by atoms with van der Waals surface area (Å²) >= 11 is 0. The van der Waals surface area contributed by atoms with Crippen molar-refractivity contribution in [1.29, 1.82) is 0 Å². The lowest BCUT2D eigenvalue weighted by Crippen LogP contribution is -2.34. The van der Waals surface area contributed by atoms with Crippen LogP contribution in [0.25, 0.3) is 0 Å². The Balaban J connectivity index is 1.62. The summed E-state index contributed by atoms with van der Waals surface area (Å²) in [6, 6.07) is 8.82. The van der Waals surface area contributed by atoms with E-state index in [1.54, 1.807) is 0 Å². The van der Waals surface area contributed by atoms with E-state index in [0.29, 0.717) is 0 Å². The lowest BCUT2D eigenvalue weighted by Gasteiger charge is -2.31. The van der Waals surface area contributed by atoms with Crippen LogP contribution >= 0.6 is 0 Å². The molecule has 3 nitrogen and oxygen atoms in total. The Morgan fingerprint density at radius 2 is 1.95 bits per heavy atom. The summed E-state index contributed by atoms with van der Waals surface area (Å²) in [7, 11) is 0. The van der Waals surface area contributed by atoms with Crippen molar-refractivity contribution in [2.75, 3.05) is 42.9 Å². The second kappa shape index (κ2) is 6.98. The Kier molecular flexibility index (Phi) is 4.80. The molecular formula is C17H27N3. The minimum absolute atomic E-state index is 0.776. The summed E-state index contributed by atoms with van der Waals surface area (Å²) in [5.41, 5.74) is 2.72. The molecule has 0 radical (unpaired) electrons. The molecule has 2 aliphatic heterocycles. The Labute approximate surface area is 122 Å². The molecule has 1 atom stereocenters. The second-order valence-electron chi connectivity index (χ2n) is 6.16. The third-order valence-electron chi connectivity index (χ3n) is 4.58. The van der Waals surface area contributed by atoms with Crippen LogP contribution in [0.1, 0.15) is 32.1 Å². The Morgan fingerprint density at radius 3 is 2.75 bits per heavy atom. The van der Waals surface area contributed by atoms with E-state index in [-0.39, 0.29) is 0 Å². The van der Waals surface area contributed by atoms with Crippen molar-refractivity contribution in [2.45, 2.75) is 32.1 Å². The van der Waals surface area contributed by atoms with Gasteiger partial charge in [0, 0.05) is 19.6 Å². The van der Waals surface area contributed by atoms with E-state index < -0.39 is 0 Å². The molecule has 0 spiro atoms. The summed E-state index contributed by atoms with van der Waals surface area (Å²) < 4.78 is 0. The van der Waals surface area contributed by atoms with Crippen LogP contribution in [0.2, 0.25) is 0 Å². The molecule has 0 aliphatic carbocycles. The molecule has 1 unspecified atom stereocenters. The molecule has 3 heteroatoms. The van der Waals surface area contributed by atoms with Crippen LogP contribution in [-0.4, -0.2) is 32.7 Å². The number of benzene rings is 1. The summed E-state index contributed by atoms with van der Waals surface area (Å²) in [5.74, 6) is 0.776. The lowest BCUT2D eigenvalue weighted by atomic mass is 9.99. The van der Waals surface area contributed by atoms with Gasteiger partial charge < -0.3 is 15.5 Å². The molecule has 1 aromatic rings. The number of hydrogen-bond acceptors (Lipinski definition) is 3. The third kappa shape index (κ3) is 3.45. The van der Waals surface area contributed by atoms with E-state index in [2.05, 4.69) is 39.8 Å². The monoisotopic (exact) mass is 273 g/mol. The average molecular weight is 273 g/mol. The highest BCUT2D eigenvalue weighted by Gasteiger charge is 2.16. The van der Waals surface area contributed by atoms with E-state index in [0.717, 1.165) is 12.5 Å². The number of piperidine rings is 2. The van der Waals surface area contributed by atoms with Gasteiger partial charge in [-0.2, -0.15) is 0 Å². The molecule has 0 aromatic heterocycles. The average Bonchev–Trinajstić information content (AvgIpc) is 2.55. The van der Waals surface area contributed by atoms with Crippen LogP contribution in [0, 0.1) is 5.92 Å². The number of anilines is 2. The maximum atomic E-state index is 3.70. The van der Waals surface area contributed by atoms with Crippen LogP contribution in [0.15, 0.2) is 24.3 Å². The molecule has 0 amide bonds. The van der Waals surface area contributed by atoms with E-state index in [4.69, 9.17) is 0 Å². The van der Waals surface area contributed by atoms with Crippen LogP contribution in [0.5, 0.6) is 0 Å². The second-order valence-corrected chi connectivity index (χ2v) is 6.16. The van der Waals surface area contributed by atoms with Gasteiger partial charge in [-0.3, -0.25) is 0 Å². The van der Waals surface area contributed by atoms with Gasteiger partial charge in [-0.15, -0.1) is 0 Å². The van der Waals surface area contributed by atoms with Crippen molar-refractivity contribution in [3.63, 3.8) is 0 Å². The summed E-state index contributed by atoms with van der Waals surface area (Å²) in [6.45, 7) is 5.88. The molecule has 20 heavy (non-hydrogen) atoms. The van der Waals surface area contributed by atoms with E-state index in [1.165, 1.54) is 69.7 Å². The van der Waals surface area contributed by atoms with Crippen molar-refractivity contribution in [3.8, 4) is 0 Å². The first-order valence-corrected chi connectivity index (χ1v) is 8.22. The highest BCUT2D eigenvalue weighted by Crippen LogP contribution is 2.28. The van der Waals surface area contributed by atoms with Crippen LogP contribution in [0.4, 0.5) is 11.4 Å². The van der Waals surface area contributed by atoms with Crippen LogP contribution < -0.4 is 15.5 Å². The van der Waals surface area contributed by atoms with Crippen LogP contribution in [0.3, 0.4) is 0 Å². The largest absolute Gasteiger partial charge is 0.383 e. The summed E-state index contributed by atoms with van der Waals surface area (Å²) in [4.78, 5) is 2.55. The molecule has 2 aliphatic rings. The zero-order valence-electron chi connectivity index (χ0n) is 12.4. The molecule has 2 heterocycles. The van der Waals surface area contributed by atoms with Crippen molar-refractivity contribution in [1.82, 2.24) is 5.32 Å². The molecular weight excluding hydrogens is 246 g/mol. The number of rotatable bonds is 4. The number of nitrogens with zero attached hydrogens (tertiary/aromatic N) is 1. The number of nitrogens with one attached hydrogen (secondary N) is 2. The Morgan fingerprint density at radius 1 is 1.10 bits per heavy atom. The molecule has 110 valence electrons. The maximum Gasteiger partial charge on any atom is 0.0602 e.